The van der Waals surface area contributed by atoms with Crippen molar-refractivity contribution in [3.8, 4) is 0 Å². The van der Waals surface area contributed by atoms with Crippen LogP contribution in [0.5, 0.6) is 0 Å². The molecule has 0 aliphatic carbocycles. The maximum Gasteiger partial charge on any atom is 0.284 e. The predicted octanol–water partition coefficient (Wildman–Crippen LogP) is 1.07. The highest BCUT2D eigenvalue weighted by Crippen LogP contribution is 2.30. The Hall–Kier alpha value is -1.88. The number of hydrogen-bond donors (Lipinski definition) is 1. The van der Waals surface area contributed by atoms with Crippen LogP contribution >= 0.6 is 11.6 Å². The fraction of sp³-hybridized carbons (Fsp3) is 0.308. The van der Waals surface area contributed by atoms with E-state index in [-0.39, 0.29) is 12.2 Å². The maximum absolute atomic E-state index is 12.1. The second-order valence-electron chi connectivity index (χ2n) is 4.41. The Labute approximate surface area is 115 Å². The summed E-state index contributed by atoms with van der Waals surface area (Å²) >= 11 is 6.12. The zero-order valence-electron chi connectivity index (χ0n) is 10.4. The quantitative estimate of drug-likeness (QED) is 0.665. The van der Waals surface area contributed by atoms with Crippen molar-refractivity contribution >= 4 is 35.4 Å². The maximum atomic E-state index is 12.1. The number of anilines is 1. The number of halogens is 1. The summed E-state index contributed by atoms with van der Waals surface area (Å²) in [5, 5.41) is 2.86. The lowest BCUT2D eigenvalue weighted by Gasteiger charge is -2.18. The van der Waals surface area contributed by atoms with E-state index in [9.17, 15) is 14.4 Å². The summed E-state index contributed by atoms with van der Waals surface area (Å²) in [6, 6.07) is 4.77. The summed E-state index contributed by atoms with van der Waals surface area (Å²) in [5.74, 6) is -1.03. The van der Waals surface area contributed by atoms with Crippen LogP contribution in [0.25, 0.3) is 0 Å². The van der Waals surface area contributed by atoms with Crippen LogP contribution in [0.15, 0.2) is 18.2 Å². The molecule has 1 heterocycles. The SMILES string of the molecule is Cc1ccc(N2CCC(NC(=O)C=O)C2=O)c(Cl)c1. The number of rotatable bonds is 3. The molecule has 0 bridgehead atoms. The van der Waals surface area contributed by atoms with Gasteiger partial charge in [-0.2, -0.15) is 0 Å². The average molecular weight is 281 g/mol. The predicted molar refractivity (Wildman–Crippen MR) is 71.2 cm³/mol. The molecule has 1 saturated heterocycles. The van der Waals surface area contributed by atoms with Crippen LogP contribution in [0.4, 0.5) is 5.69 Å². The number of benzene rings is 1. The Kier molecular flexibility index (Phi) is 3.85. The standard InChI is InChI=1S/C13H13ClN2O3/c1-8-2-3-11(9(14)6-8)16-5-4-10(13(16)19)15-12(18)7-17/h2-3,6-7,10H,4-5H2,1H3,(H,15,18). The first-order chi connectivity index (χ1) is 9.02. The van der Waals surface area contributed by atoms with Crippen molar-refractivity contribution in [2.45, 2.75) is 19.4 Å². The minimum absolute atomic E-state index is 0.162. The molecule has 0 radical (unpaired) electrons. The Morgan fingerprint density at radius 1 is 1.53 bits per heavy atom. The second-order valence-corrected chi connectivity index (χ2v) is 4.82. The minimum atomic E-state index is -0.782. The third-order valence-corrected chi connectivity index (χ3v) is 3.33. The van der Waals surface area contributed by atoms with E-state index in [0.717, 1.165) is 5.56 Å². The van der Waals surface area contributed by atoms with Gasteiger partial charge < -0.3 is 10.2 Å². The van der Waals surface area contributed by atoms with Gasteiger partial charge >= 0.3 is 0 Å². The minimum Gasteiger partial charge on any atom is -0.338 e. The van der Waals surface area contributed by atoms with Gasteiger partial charge in [-0.1, -0.05) is 17.7 Å². The average Bonchev–Trinajstić information content (AvgIpc) is 2.71. The molecule has 5 nitrogen and oxygen atoms in total. The lowest BCUT2D eigenvalue weighted by Crippen LogP contribution is -2.42. The normalized spacial score (nSPS) is 18.5. The van der Waals surface area contributed by atoms with Crippen LogP contribution in [0.3, 0.4) is 0 Å². The number of aryl methyl sites for hydroxylation is 1. The molecular formula is C13H13ClN2O3. The number of nitrogens with one attached hydrogen (secondary N) is 1. The van der Waals surface area contributed by atoms with Crippen molar-refractivity contribution < 1.29 is 14.4 Å². The molecule has 2 amide bonds. The second kappa shape index (κ2) is 5.40. The van der Waals surface area contributed by atoms with E-state index < -0.39 is 11.9 Å². The molecule has 1 N–H and O–H groups in total. The number of amides is 2. The van der Waals surface area contributed by atoms with E-state index in [1.807, 2.05) is 13.0 Å². The molecule has 1 aromatic carbocycles. The molecule has 0 saturated carbocycles. The molecule has 1 aliphatic heterocycles. The van der Waals surface area contributed by atoms with Crippen molar-refractivity contribution in [1.29, 1.82) is 0 Å². The summed E-state index contributed by atoms with van der Waals surface area (Å²) in [6.45, 7) is 2.37. The van der Waals surface area contributed by atoms with Crippen LogP contribution in [0.2, 0.25) is 5.02 Å². The van der Waals surface area contributed by atoms with E-state index in [2.05, 4.69) is 5.32 Å². The zero-order valence-corrected chi connectivity index (χ0v) is 11.1. The number of nitrogens with zero attached hydrogens (tertiary/aromatic N) is 1. The molecule has 19 heavy (non-hydrogen) atoms. The zero-order chi connectivity index (χ0) is 14.0. The lowest BCUT2D eigenvalue weighted by atomic mass is 10.2. The highest BCUT2D eigenvalue weighted by molar-refractivity contribution is 6.34. The first-order valence-electron chi connectivity index (χ1n) is 5.86. The van der Waals surface area contributed by atoms with Crippen molar-refractivity contribution in [3.63, 3.8) is 0 Å². The molecule has 0 aromatic heterocycles. The summed E-state index contributed by atoms with van der Waals surface area (Å²) in [7, 11) is 0. The van der Waals surface area contributed by atoms with Crippen molar-refractivity contribution in [2.24, 2.45) is 0 Å². The summed E-state index contributed by atoms with van der Waals surface area (Å²) in [4.78, 5) is 34.9. The van der Waals surface area contributed by atoms with Crippen LogP contribution in [-0.4, -0.2) is 30.7 Å². The number of aldehydes is 1. The number of carbonyl (C=O) groups is 3. The third kappa shape index (κ3) is 2.76. The largest absolute Gasteiger partial charge is 0.338 e. The van der Waals surface area contributed by atoms with E-state index in [0.29, 0.717) is 23.7 Å². The highest BCUT2D eigenvalue weighted by atomic mass is 35.5. The monoisotopic (exact) mass is 280 g/mol. The van der Waals surface area contributed by atoms with E-state index in [1.165, 1.54) is 4.90 Å². The summed E-state index contributed by atoms with van der Waals surface area (Å²) in [6.07, 6.45) is 0.622. The van der Waals surface area contributed by atoms with Crippen LogP contribution in [0.1, 0.15) is 12.0 Å². The van der Waals surface area contributed by atoms with Crippen molar-refractivity contribution in [3.05, 3.63) is 28.8 Å². The Morgan fingerprint density at radius 2 is 2.26 bits per heavy atom. The molecule has 2 rings (SSSR count). The first kappa shape index (κ1) is 13.5. The van der Waals surface area contributed by atoms with Gasteiger partial charge in [0.1, 0.15) is 6.04 Å². The van der Waals surface area contributed by atoms with E-state index in [4.69, 9.17) is 11.6 Å². The molecule has 1 fully saturated rings. The van der Waals surface area contributed by atoms with Gasteiger partial charge in [-0.05, 0) is 31.0 Å². The van der Waals surface area contributed by atoms with Crippen molar-refractivity contribution in [2.75, 3.05) is 11.4 Å². The fourth-order valence-electron chi connectivity index (χ4n) is 2.09. The smallest absolute Gasteiger partial charge is 0.284 e. The van der Waals surface area contributed by atoms with E-state index in [1.54, 1.807) is 12.1 Å². The summed E-state index contributed by atoms with van der Waals surface area (Å²) < 4.78 is 0. The molecular weight excluding hydrogens is 268 g/mol. The van der Waals surface area contributed by atoms with E-state index >= 15 is 0 Å². The van der Waals surface area contributed by atoms with Crippen LogP contribution in [0, 0.1) is 6.92 Å². The molecule has 100 valence electrons. The van der Waals surface area contributed by atoms with Crippen molar-refractivity contribution in [1.82, 2.24) is 5.32 Å². The topological polar surface area (TPSA) is 66.5 Å². The lowest BCUT2D eigenvalue weighted by molar-refractivity contribution is -0.133. The molecule has 0 spiro atoms. The Bertz CT molecular complexity index is 545. The van der Waals surface area contributed by atoms with Crippen LogP contribution < -0.4 is 10.2 Å². The molecule has 1 unspecified atom stereocenters. The van der Waals surface area contributed by atoms with Gasteiger partial charge in [0.2, 0.25) is 12.2 Å². The third-order valence-electron chi connectivity index (χ3n) is 3.02. The summed E-state index contributed by atoms with van der Waals surface area (Å²) in [5.41, 5.74) is 1.63. The first-order valence-corrected chi connectivity index (χ1v) is 6.24. The Balaban J connectivity index is 2.17. The van der Waals surface area contributed by atoms with Crippen LogP contribution in [-0.2, 0) is 14.4 Å². The highest BCUT2D eigenvalue weighted by Gasteiger charge is 2.34. The van der Waals surface area contributed by atoms with Gasteiger partial charge in [-0.25, -0.2) is 0 Å². The van der Waals surface area contributed by atoms with Gasteiger partial charge in [-0.3, -0.25) is 14.4 Å². The van der Waals surface area contributed by atoms with Gasteiger partial charge in [0.05, 0.1) is 10.7 Å². The van der Waals surface area contributed by atoms with Gasteiger partial charge in [0.15, 0.2) is 0 Å². The molecule has 6 heteroatoms. The number of hydrogen-bond acceptors (Lipinski definition) is 3. The fourth-order valence-corrected chi connectivity index (χ4v) is 2.43. The van der Waals surface area contributed by atoms with Gasteiger partial charge in [0, 0.05) is 6.54 Å². The molecule has 1 atom stereocenters. The molecule has 1 aromatic rings. The van der Waals surface area contributed by atoms with Gasteiger partial charge in [0.25, 0.3) is 5.91 Å². The number of carbonyl (C=O) groups excluding carboxylic acids is 3. The van der Waals surface area contributed by atoms with Gasteiger partial charge in [-0.15, -0.1) is 0 Å². The molecule has 1 aliphatic rings. The Morgan fingerprint density at radius 3 is 2.89 bits per heavy atom.